The third-order valence-corrected chi connectivity index (χ3v) is 7.51. The van der Waals surface area contributed by atoms with Crippen LogP contribution in [0.2, 0.25) is 10.0 Å². The standard InChI is InChI=1S/C24H23Cl2NO5S/c1-15(27-14-21(28)17-4-2-5-18(25)13-17)12-16-8-10-19(11-9-16)33(31,32)22-7-3-6-20(26)23(22)24(29)30/h2-11,13,15,21,27-28H,12,14H2,1H3,(H,29,30)/t15?,21-/m0/s1. The lowest BCUT2D eigenvalue weighted by Gasteiger charge is -2.18. The van der Waals surface area contributed by atoms with Gasteiger partial charge in [-0.3, -0.25) is 0 Å². The number of hydrogen-bond donors (Lipinski definition) is 3. The molecule has 0 bridgehead atoms. The van der Waals surface area contributed by atoms with E-state index in [0.717, 1.165) is 11.1 Å². The van der Waals surface area contributed by atoms with Crippen molar-refractivity contribution in [3.05, 3.63) is 93.5 Å². The summed E-state index contributed by atoms with van der Waals surface area (Å²) in [5, 5.41) is 23.4. The highest BCUT2D eigenvalue weighted by Gasteiger charge is 2.26. The molecule has 0 spiro atoms. The van der Waals surface area contributed by atoms with E-state index in [1.54, 1.807) is 36.4 Å². The highest BCUT2D eigenvalue weighted by molar-refractivity contribution is 7.91. The van der Waals surface area contributed by atoms with Crippen molar-refractivity contribution < 1.29 is 23.4 Å². The number of halogens is 2. The summed E-state index contributed by atoms with van der Waals surface area (Å²) in [6.45, 7) is 2.29. The molecule has 0 aliphatic rings. The minimum Gasteiger partial charge on any atom is -0.478 e. The predicted molar refractivity (Wildman–Crippen MR) is 128 cm³/mol. The predicted octanol–water partition coefficient (Wildman–Crippen LogP) is 4.78. The maximum Gasteiger partial charge on any atom is 0.338 e. The van der Waals surface area contributed by atoms with E-state index in [4.69, 9.17) is 23.2 Å². The lowest BCUT2D eigenvalue weighted by molar-refractivity contribution is 0.0693. The minimum absolute atomic E-state index is 0.00725. The summed E-state index contributed by atoms with van der Waals surface area (Å²) in [7, 11) is -4.06. The summed E-state index contributed by atoms with van der Waals surface area (Å²) < 4.78 is 26.0. The second kappa shape index (κ2) is 10.7. The van der Waals surface area contributed by atoms with Gasteiger partial charge in [-0.15, -0.1) is 0 Å². The number of rotatable bonds is 9. The first-order valence-corrected chi connectivity index (χ1v) is 12.4. The highest BCUT2D eigenvalue weighted by atomic mass is 35.5. The topological polar surface area (TPSA) is 104 Å². The van der Waals surface area contributed by atoms with Gasteiger partial charge in [0.05, 0.1) is 26.5 Å². The molecule has 0 amide bonds. The first-order chi connectivity index (χ1) is 15.6. The molecule has 0 aromatic heterocycles. The Hall–Kier alpha value is -2.42. The van der Waals surface area contributed by atoms with Crippen molar-refractivity contribution >= 4 is 39.0 Å². The van der Waals surface area contributed by atoms with Gasteiger partial charge in [0.1, 0.15) is 0 Å². The van der Waals surface area contributed by atoms with Crippen LogP contribution in [0, 0.1) is 0 Å². The average Bonchev–Trinajstić information content (AvgIpc) is 2.77. The molecule has 3 aromatic carbocycles. The van der Waals surface area contributed by atoms with Crippen LogP contribution >= 0.6 is 23.2 Å². The Bertz CT molecular complexity index is 1250. The molecule has 3 N–H and O–H groups in total. The second-order valence-electron chi connectivity index (χ2n) is 7.65. The van der Waals surface area contributed by atoms with Gasteiger partial charge in [0.2, 0.25) is 9.84 Å². The molecular formula is C24H23Cl2NO5S. The van der Waals surface area contributed by atoms with Crippen molar-refractivity contribution in [1.29, 1.82) is 0 Å². The maximum atomic E-state index is 13.0. The number of sulfone groups is 1. The number of carbonyl (C=O) groups is 1. The molecule has 3 rings (SSSR count). The van der Waals surface area contributed by atoms with E-state index in [9.17, 15) is 23.4 Å². The largest absolute Gasteiger partial charge is 0.478 e. The van der Waals surface area contributed by atoms with Crippen molar-refractivity contribution in [3.63, 3.8) is 0 Å². The fraction of sp³-hybridized carbons (Fsp3) is 0.208. The number of hydrogen-bond acceptors (Lipinski definition) is 5. The zero-order chi connectivity index (χ0) is 24.2. The van der Waals surface area contributed by atoms with Crippen LogP contribution in [0.3, 0.4) is 0 Å². The number of aromatic carboxylic acids is 1. The van der Waals surface area contributed by atoms with Crippen molar-refractivity contribution in [3.8, 4) is 0 Å². The Balaban J connectivity index is 1.68. The summed E-state index contributed by atoms with van der Waals surface area (Å²) in [6, 6.07) is 17.3. The van der Waals surface area contributed by atoms with Gasteiger partial charge in [-0.25, -0.2) is 13.2 Å². The van der Waals surface area contributed by atoms with Crippen LogP contribution in [0.15, 0.2) is 76.5 Å². The smallest absolute Gasteiger partial charge is 0.338 e. The van der Waals surface area contributed by atoms with E-state index in [1.165, 1.54) is 30.3 Å². The Labute approximate surface area is 202 Å². The van der Waals surface area contributed by atoms with Crippen molar-refractivity contribution in [2.45, 2.75) is 35.3 Å². The van der Waals surface area contributed by atoms with Gasteiger partial charge in [0.25, 0.3) is 0 Å². The van der Waals surface area contributed by atoms with Crippen LogP contribution in [-0.2, 0) is 16.3 Å². The van der Waals surface area contributed by atoms with E-state index in [2.05, 4.69) is 5.32 Å². The zero-order valence-electron chi connectivity index (χ0n) is 17.7. The zero-order valence-corrected chi connectivity index (χ0v) is 20.0. The lowest BCUT2D eigenvalue weighted by atomic mass is 10.1. The highest BCUT2D eigenvalue weighted by Crippen LogP contribution is 2.29. The molecule has 0 saturated carbocycles. The molecule has 3 aromatic rings. The number of aliphatic hydroxyl groups is 1. The monoisotopic (exact) mass is 507 g/mol. The van der Waals surface area contributed by atoms with E-state index in [0.29, 0.717) is 18.0 Å². The quantitative estimate of drug-likeness (QED) is 0.385. The van der Waals surface area contributed by atoms with E-state index < -0.39 is 27.5 Å². The molecule has 0 aliphatic heterocycles. The molecule has 0 aliphatic carbocycles. The number of carboxylic acids is 1. The maximum absolute atomic E-state index is 13.0. The van der Waals surface area contributed by atoms with E-state index in [-0.39, 0.29) is 20.9 Å². The van der Waals surface area contributed by atoms with E-state index in [1.807, 2.05) is 6.92 Å². The van der Waals surface area contributed by atoms with Gasteiger partial charge in [-0.1, -0.05) is 53.5 Å². The summed E-state index contributed by atoms with van der Waals surface area (Å²) in [5.74, 6) is -1.41. The molecule has 33 heavy (non-hydrogen) atoms. The third-order valence-electron chi connectivity index (χ3n) is 5.15. The summed E-state index contributed by atoms with van der Waals surface area (Å²) in [5.41, 5.74) is 1.16. The Kier molecular flexibility index (Phi) is 8.15. The van der Waals surface area contributed by atoms with Crippen molar-refractivity contribution in [2.24, 2.45) is 0 Å². The van der Waals surface area contributed by atoms with Crippen LogP contribution in [0.4, 0.5) is 0 Å². The Morgan fingerprint density at radius 2 is 1.70 bits per heavy atom. The molecule has 6 nitrogen and oxygen atoms in total. The summed E-state index contributed by atoms with van der Waals surface area (Å²) in [6.07, 6.45) is -0.111. The molecule has 0 radical (unpaired) electrons. The first kappa shape index (κ1) is 25.2. The number of aliphatic hydroxyl groups excluding tert-OH is 1. The molecule has 174 valence electrons. The molecule has 0 fully saturated rings. The van der Waals surface area contributed by atoms with Crippen LogP contribution in [-0.4, -0.2) is 37.2 Å². The van der Waals surface area contributed by atoms with Crippen molar-refractivity contribution in [1.82, 2.24) is 5.32 Å². The second-order valence-corrected chi connectivity index (χ2v) is 10.4. The third kappa shape index (κ3) is 6.13. The fourth-order valence-electron chi connectivity index (χ4n) is 3.44. The molecule has 2 atom stereocenters. The van der Waals surface area contributed by atoms with E-state index >= 15 is 0 Å². The summed E-state index contributed by atoms with van der Waals surface area (Å²) in [4.78, 5) is 11.2. The van der Waals surface area contributed by atoms with Gasteiger partial charge in [-0.2, -0.15) is 0 Å². The summed E-state index contributed by atoms with van der Waals surface area (Å²) >= 11 is 11.9. The van der Waals surface area contributed by atoms with Crippen LogP contribution in [0.25, 0.3) is 0 Å². The van der Waals surface area contributed by atoms with Crippen LogP contribution in [0.5, 0.6) is 0 Å². The SMILES string of the molecule is CC(Cc1ccc(S(=O)(=O)c2cccc(Cl)c2C(=O)O)cc1)NC[C@H](O)c1cccc(Cl)c1. The van der Waals surface area contributed by atoms with Gasteiger partial charge in [0, 0.05) is 17.6 Å². The minimum atomic E-state index is -4.06. The first-order valence-electron chi connectivity index (χ1n) is 10.1. The van der Waals surface area contributed by atoms with Gasteiger partial charge in [0.15, 0.2) is 0 Å². The van der Waals surface area contributed by atoms with Crippen LogP contribution in [0.1, 0.15) is 34.5 Å². The molecule has 1 unspecified atom stereocenters. The van der Waals surface area contributed by atoms with Gasteiger partial charge >= 0.3 is 5.97 Å². The number of benzene rings is 3. The van der Waals surface area contributed by atoms with Crippen molar-refractivity contribution in [2.75, 3.05) is 6.54 Å². The molecule has 0 heterocycles. The van der Waals surface area contributed by atoms with Crippen LogP contribution < -0.4 is 5.32 Å². The molecule has 9 heteroatoms. The molecular weight excluding hydrogens is 485 g/mol. The number of carboxylic acid groups (broad SMARTS) is 1. The fourth-order valence-corrected chi connectivity index (χ4v) is 5.42. The number of nitrogens with one attached hydrogen (secondary N) is 1. The van der Waals surface area contributed by atoms with Gasteiger partial charge in [-0.05, 0) is 60.9 Å². The molecule has 0 saturated heterocycles. The Morgan fingerprint density at radius 3 is 2.33 bits per heavy atom. The lowest BCUT2D eigenvalue weighted by Crippen LogP contribution is -2.32. The average molecular weight is 508 g/mol. The Morgan fingerprint density at radius 1 is 1.03 bits per heavy atom. The van der Waals surface area contributed by atoms with Gasteiger partial charge < -0.3 is 15.5 Å². The normalized spacial score (nSPS) is 13.5.